The predicted octanol–water partition coefficient (Wildman–Crippen LogP) is 3.98. The Morgan fingerprint density at radius 1 is 1.10 bits per heavy atom. The number of carbonyl (C=O) groups excluding carboxylic acids is 1. The minimum atomic E-state index is -0.397. The second-order valence-corrected chi connectivity index (χ2v) is 5.06. The second kappa shape index (κ2) is 7.50. The van der Waals surface area contributed by atoms with Crippen LogP contribution in [0.2, 0.25) is 0 Å². The highest BCUT2D eigenvalue weighted by Crippen LogP contribution is 2.09. The minimum Gasteiger partial charge on any atom is -0.267 e. The third-order valence-electron chi connectivity index (χ3n) is 2.56. The number of benzene rings is 2. The molecule has 1 N–H and O–H groups in total. The van der Waals surface area contributed by atoms with Crippen LogP contribution in [0.25, 0.3) is 6.08 Å². The van der Waals surface area contributed by atoms with Crippen LogP contribution in [0.15, 0.2) is 64.2 Å². The molecule has 0 aliphatic rings. The van der Waals surface area contributed by atoms with E-state index in [1.807, 2.05) is 36.4 Å². The average molecular weight is 347 g/mol. The van der Waals surface area contributed by atoms with Gasteiger partial charge in [0, 0.05) is 10.0 Å². The standard InChI is InChI=1S/C16H12BrFN2O/c17-14(10-12-4-2-1-3-5-12)11-19-20-16(21)13-6-8-15(18)9-7-13/h1-11H,(H,20,21)/b14-10-,19-11-. The molecular formula is C16H12BrFN2O. The smallest absolute Gasteiger partial charge is 0.267 e. The molecule has 5 heteroatoms. The first-order valence-corrected chi connectivity index (χ1v) is 6.95. The van der Waals surface area contributed by atoms with Crippen LogP contribution in [0.1, 0.15) is 15.9 Å². The zero-order valence-electron chi connectivity index (χ0n) is 11.0. The largest absolute Gasteiger partial charge is 0.271 e. The van der Waals surface area contributed by atoms with Gasteiger partial charge in [-0.1, -0.05) is 30.3 Å². The molecule has 0 aromatic heterocycles. The first kappa shape index (κ1) is 15.1. The lowest BCUT2D eigenvalue weighted by Gasteiger charge is -1.99. The molecule has 0 saturated carbocycles. The van der Waals surface area contributed by atoms with Crippen LogP contribution in [0.3, 0.4) is 0 Å². The average Bonchev–Trinajstić information content (AvgIpc) is 2.49. The first-order valence-electron chi connectivity index (χ1n) is 6.16. The summed E-state index contributed by atoms with van der Waals surface area (Å²) in [5.74, 6) is -0.783. The molecule has 0 bridgehead atoms. The molecule has 0 fully saturated rings. The molecule has 2 aromatic rings. The maximum absolute atomic E-state index is 12.7. The van der Waals surface area contributed by atoms with E-state index in [1.54, 1.807) is 0 Å². The number of carbonyl (C=O) groups is 1. The van der Waals surface area contributed by atoms with E-state index >= 15 is 0 Å². The van der Waals surface area contributed by atoms with E-state index in [2.05, 4.69) is 26.5 Å². The summed E-state index contributed by atoms with van der Waals surface area (Å²) in [5.41, 5.74) is 3.73. The van der Waals surface area contributed by atoms with Crippen molar-refractivity contribution in [2.75, 3.05) is 0 Å². The SMILES string of the molecule is O=C(N/N=C\C(Br)=C\c1ccccc1)c1ccc(F)cc1. The first-order chi connectivity index (χ1) is 10.1. The number of rotatable bonds is 4. The van der Waals surface area contributed by atoms with Gasteiger partial charge in [-0.15, -0.1) is 0 Å². The summed E-state index contributed by atoms with van der Waals surface area (Å²) in [4.78, 5) is 11.7. The number of hydrazone groups is 1. The normalized spacial score (nSPS) is 11.6. The van der Waals surface area contributed by atoms with Gasteiger partial charge in [-0.2, -0.15) is 5.10 Å². The van der Waals surface area contributed by atoms with E-state index in [-0.39, 0.29) is 5.82 Å². The molecule has 2 aromatic carbocycles. The number of amides is 1. The Labute approximate surface area is 130 Å². The van der Waals surface area contributed by atoms with E-state index in [9.17, 15) is 9.18 Å². The molecule has 0 aliphatic carbocycles. The van der Waals surface area contributed by atoms with E-state index in [4.69, 9.17) is 0 Å². The molecule has 0 atom stereocenters. The van der Waals surface area contributed by atoms with Gasteiger partial charge < -0.3 is 0 Å². The molecule has 1 amide bonds. The Balaban J connectivity index is 1.94. The second-order valence-electron chi connectivity index (χ2n) is 4.15. The van der Waals surface area contributed by atoms with Crippen LogP contribution < -0.4 is 5.43 Å². The summed E-state index contributed by atoms with van der Waals surface area (Å²) < 4.78 is 13.5. The molecule has 0 spiro atoms. The molecule has 0 heterocycles. The number of hydrogen-bond donors (Lipinski definition) is 1. The van der Waals surface area contributed by atoms with Crippen LogP contribution in [0, 0.1) is 5.82 Å². The Bertz CT molecular complexity index is 666. The van der Waals surface area contributed by atoms with Crippen molar-refractivity contribution >= 4 is 34.1 Å². The van der Waals surface area contributed by atoms with Gasteiger partial charge >= 0.3 is 0 Å². The number of allylic oxidation sites excluding steroid dienone is 1. The van der Waals surface area contributed by atoms with E-state index in [0.29, 0.717) is 10.0 Å². The zero-order valence-corrected chi connectivity index (χ0v) is 12.5. The Hall–Kier alpha value is -2.27. The van der Waals surface area contributed by atoms with Crippen molar-refractivity contribution in [1.29, 1.82) is 0 Å². The number of hydrogen-bond acceptors (Lipinski definition) is 2. The van der Waals surface area contributed by atoms with Crippen molar-refractivity contribution < 1.29 is 9.18 Å². The van der Waals surface area contributed by atoms with E-state index < -0.39 is 5.91 Å². The van der Waals surface area contributed by atoms with Crippen LogP contribution >= 0.6 is 15.9 Å². The maximum atomic E-state index is 12.7. The molecule has 0 aliphatic heterocycles. The van der Waals surface area contributed by atoms with Crippen LogP contribution in [0.5, 0.6) is 0 Å². The predicted molar refractivity (Wildman–Crippen MR) is 85.7 cm³/mol. The van der Waals surface area contributed by atoms with Crippen molar-refractivity contribution in [3.63, 3.8) is 0 Å². The van der Waals surface area contributed by atoms with Crippen molar-refractivity contribution in [1.82, 2.24) is 5.43 Å². The zero-order chi connectivity index (χ0) is 15.1. The van der Waals surface area contributed by atoms with Gasteiger partial charge in [0.2, 0.25) is 0 Å². The maximum Gasteiger partial charge on any atom is 0.271 e. The summed E-state index contributed by atoms with van der Waals surface area (Å²) >= 11 is 3.34. The fourth-order valence-electron chi connectivity index (χ4n) is 1.56. The fraction of sp³-hybridized carbons (Fsp3) is 0. The lowest BCUT2D eigenvalue weighted by atomic mass is 10.2. The van der Waals surface area contributed by atoms with Crippen molar-refractivity contribution in [2.24, 2.45) is 5.10 Å². The van der Waals surface area contributed by atoms with Crippen molar-refractivity contribution in [3.05, 3.63) is 76.0 Å². The number of nitrogens with one attached hydrogen (secondary N) is 1. The van der Waals surface area contributed by atoms with Crippen LogP contribution in [-0.4, -0.2) is 12.1 Å². The molecule has 0 radical (unpaired) electrons. The van der Waals surface area contributed by atoms with E-state index in [0.717, 1.165) is 5.56 Å². The minimum absolute atomic E-state index is 0.344. The number of nitrogens with zero attached hydrogens (tertiary/aromatic N) is 1. The Morgan fingerprint density at radius 3 is 2.43 bits per heavy atom. The molecule has 21 heavy (non-hydrogen) atoms. The highest BCUT2D eigenvalue weighted by atomic mass is 79.9. The highest BCUT2D eigenvalue weighted by molar-refractivity contribution is 9.12. The van der Waals surface area contributed by atoms with Crippen LogP contribution in [-0.2, 0) is 0 Å². The van der Waals surface area contributed by atoms with Gasteiger partial charge in [-0.3, -0.25) is 4.79 Å². The van der Waals surface area contributed by atoms with Gasteiger partial charge in [0.1, 0.15) is 5.82 Å². The van der Waals surface area contributed by atoms with Crippen LogP contribution in [0.4, 0.5) is 4.39 Å². The van der Waals surface area contributed by atoms with Gasteiger partial charge in [0.05, 0.1) is 6.21 Å². The number of halogens is 2. The molecule has 0 saturated heterocycles. The third kappa shape index (κ3) is 4.96. The quantitative estimate of drug-likeness (QED) is 0.660. The van der Waals surface area contributed by atoms with Gasteiger partial charge in [-0.25, -0.2) is 9.82 Å². The van der Waals surface area contributed by atoms with Crippen molar-refractivity contribution in [2.45, 2.75) is 0 Å². The van der Waals surface area contributed by atoms with Gasteiger partial charge in [0.15, 0.2) is 0 Å². The third-order valence-corrected chi connectivity index (χ3v) is 3.00. The van der Waals surface area contributed by atoms with Gasteiger partial charge in [-0.05, 0) is 51.8 Å². The molecule has 106 valence electrons. The lowest BCUT2D eigenvalue weighted by Crippen LogP contribution is -2.17. The Morgan fingerprint density at radius 2 is 1.76 bits per heavy atom. The molecule has 0 unspecified atom stereocenters. The van der Waals surface area contributed by atoms with Crippen molar-refractivity contribution in [3.8, 4) is 0 Å². The lowest BCUT2D eigenvalue weighted by molar-refractivity contribution is 0.0955. The summed E-state index contributed by atoms with van der Waals surface area (Å²) in [5, 5.41) is 3.83. The van der Waals surface area contributed by atoms with Gasteiger partial charge in [0.25, 0.3) is 5.91 Å². The summed E-state index contributed by atoms with van der Waals surface area (Å²) in [7, 11) is 0. The molecule has 2 rings (SSSR count). The molecule has 3 nitrogen and oxygen atoms in total. The summed E-state index contributed by atoms with van der Waals surface area (Å²) in [6, 6.07) is 14.9. The molecular weight excluding hydrogens is 335 g/mol. The monoisotopic (exact) mass is 346 g/mol. The Kier molecular flexibility index (Phi) is 5.40. The summed E-state index contributed by atoms with van der Waals surface area (Å²) in [6.45, 7) is 0. The summed E-state index contributed by atoms with van der Waals surface area (Å²) in [6.07, 6.45) is 3.35. The van der Waals surface area contributed by atoms with E-state index in [1.165, 1.54) is 30.5 Å². The topological polar surface area (TPSA) is 41.5 Å². The fourth-order valence-corrected chi connectivity index (χ4v) is 1.93. The highest BCUT2D eigenvalue weighted by Gasteiger charge is 2.03.